The molecule has 0 aliphatic carbocycles. The minimum absolute atomic E-state index is 0.0743. The molecule has 0 unspecified atom stereocenters. The number of carbonyl (C=O) groups is 1. The summed E-state index contributed by atoms with van der Waals surface area (Å²) in [5.74, 6) is 0.0743. The second-order valence-electron chi connectivity index (χ2n) is 5.68. The van der Waals surface area contributed by atoms with E-state index in [1.807, 2.05) is 23.6 Å². The van der Waals surface area contributed by atoms with E-state index in [4.69, 9.17) is 0 Å². The fraction of sp³-hybridized carbons (Fsp3) is 0.412. The fourth-order valence-corrected chi connectivity index (χ4v) is 3.53. The zero-order chi connectivity index (χ0) is 15.2. The molecule has 22 heavy (non-hydrogen) atoms. The summed E-state index contributed by atoms with van der Waals surface area (Å²) >= 11 is 1.63. The molecule has 4 nitrogen and oxygen atoms in total. The Balaban J connectivity index is 1.51. The highest BCUT2D eigenvalue weighted by Gasteiger charge is 2.16. The van der Waals surface area contributed by atoms with Crippen molar-refractivity contribution in [1.82, 2.24) is 15.6 Å². The third-order valence-electron chi connectivity index (χ3n) is 3.80. The average molecular weight is 315 g/mol. The van der Waals surface area contributed by atoms with Gasteiger partial charge in [-0.2, -0.15) is 0 Å². The first kappa shape index (κ1) is 15.2. The van der Waals surface area contributed by atoms with E-state index < -0.39 is 0 Å². The summed E-state index contributed by atoms with van der Waals surface area (Å²) in [4.78, 5) is 16.7. The van der Waals surface area contributed by atoms with Gasteiger partial charge >= 0.3 is 0 Å². The maximum absolute atomic E-state index is 12.1. The molecule has 2 N–H and O–H groups in total. The standard InChI is InChI=1S/C17H21N3OS/c21-16(19-14-7-4-8-18-11-14)10-15-12-22-17(20-15)9-13-5-2-1-3-6-13/h1-3,5-6,12,14,18H,4,7-11H2,(H,19,21)/t14-/m0/s1. The number of piperidine rings is 1. The van der Waals surface area contributed by atoms with Crippen LogP contribution < -0.4 is 10.6 Å². The Bertz CT molecular complexity index is 605. The van der Waals surface area contributed by atoms with Crippen molar-refractivity contribution >= 4 is 17.2 Å². The molecule has 0 saturated carbocycles. The van der Waals surface area contributed by atoms with Gasteiger partial charge in [-0.15, -0.1) is 11.3 Å². The summed E-state index contributed by atoms with van der Waals surface area (Å²) in [6.07, 6.45) is 3.40. The Hall–Kier alpha value is -1.72. The molecular formula is C17H21N3OS. The zero-order valence-electron chi connectivity index (χ0n) is 12.5. The van der Waals surface area contributed by atoms with E-state index in [1.165, 1.54) is 5.56 Å². The monoisotopic (exact) mass is 315 g/mol. The average Bonchev–Trinajstić information content (AvgIpc) is 2.96. The predicted octanol–water partition coefficient (Wildman–Crippen LogP) is 2.14. The van der Waals surface area contributed by atoms with E-state index in [0.29, 0.717) is 6.42 Å². The quantitative estimate of drug-likeness (QED) is 0.889. The van der Waals surface area contributed by atoms with Crippen LogP contribution in [0.25, 0.3) is 0 Å². The van der Waals surface area contributed by atoms with Crippen molar-refractivity contribution in [3.8, 4) is 0 Å². The number of rotatable bonds is 5. The van der Waals surface area contributed by atoms with Gasteiger partial charge in [-0.3, -0.25) is 4.79 Å². The number of amides is 1. The van der Waals surface area contributed by atoms with Gasteiger partial charge in [0.1, 0.15) is 0 Å². The van der Waals surface area contributed by atoms with Crippen LogP contribution in [0.4, 0.5) is 0 Å². The molecule has 0 bridgehead atoms. The molecule has 0 radical (unpaired) electrons. The Labute approximate surface area is 135 Å². The van der Waals surface area contributed by atoms with Gasteiger partial charge in [0, 0.05) is 24.4 Å². The van der Waals surface area contributed by atoms with Crippen LogP contribution in [0.1, 0.15) is 29.1 Å². The van der Waals surface area contributed by atoms with Crippen LogP contribution in [-0.4, -0.2) is 30.0 Å². The van der Waals surface area contributed by atoms with E-state index >= 15 is 0 Å². The number of aromatic nitrogens is 1. The van der Waals surface area contributed by atoms with Crippen molar-refractivity contribution in [3.63, 3.8) is 0 Å². The maximum atomic E-state index is 12.1. The van der Waals surface area contributed by atoms with Crippen molar-refractivity contribution in [2.45, 2.75) is 31.7 Å². The third kappa shape index (κ3) is 4.39. The van der Waals surface area contributed by atoms with Gasteiger partial charge in [-0.05, 0) is 24.9 Å². The van der Waals surface area contributed by atoms with Crippen LogP contribution in [0.2, 0.25) is 0 Å². The molecule has 1 aromatic carbocycles. The first-order chi connectivity index (χ1) is 10.8. The van der Waals surface area contributed by atoms with Crippen LogP contribution in [0.3, 0.4) is 0 Å². The van der Waals surface area contributed by atoms with Crippen molar-refractivity contribution in [3.05, 3.63) is 52.0 Å². The Morgan fingerprint density at radius 1 is 1.36 bits per heavy atom. The van der Waals surface area contributed by atoms with Gasteiger partial charge in [-0.1, -0.05) is 30.3 Å². The zero-order valence-corrected chi connectivity index (χ0v) is 13.4. The SMILES string of the molecule is O=C(Cc1csc(Cc2ccccc2)n1)N[C@H]1CCCNC1. The third-order valence-corrected chi connectivity index (χ3v) is 4.70. The predicted molar refractivity (Wildman–Crippen MR) is 89.1 cm³/mol. The molecule has 116 valence electrons. The molecule has 2 aromatic rings. The number of hydrogen-bond donors (Lipinski definition) is 2. The summed E-state index contributed by atoms with van der Waals surface area (Å²) in [6, 6.07) is 10.6. The van der Waals surface area contributed by atoms with Gasteiger partial charge < -0.3 is 10.6 Å². The van der Waals surface area contributed by atoms with Crippen LogP contribution in [-0.2, 0) is 17.6 Å². The lowest BCUT2D eigenvalue weighted by molar-refractivity contribution is -0.121. The number of carbonyl (C=O) groups excluding carboxylic acids is 1. The van der Waals surface area contributed by atoms with Gasteiger partial charge in [0.15, 0.2) is 0 Å². The van der Waals surface area contributed by atoms with Crippen LogP contribution in [0.15, 0.2) is 35.7 Å². The topological polar surface area (TPSA) is 54.0 Å². The van der Waals surface area contributed by atoms with E-state index in [2.05, 4.69) is 27.8 Å². The van der Waals surface area contributed by atoms with E-state index in [0.717, 1.165) is 43.1 Å². The first-order valence-electron chi connectivity index (χ1n) is 7.77. The maximum Gasteiger partial charge on any atom is 0.226 e. The molecule has 1 atom stereocenters. The van der Waals surface area contributed by atoms with Crippen molar-refractivity contribution in [2.75, 3.05) is 13.1 Å². The normalized spacial score (nSPS) is 18.1. The summed E-state index contributed by atoms with van der Waals surface area (Å²) in [7, 11) is 0. The molecule has 3 rings (SSSR count). The summed E-state index contributed by atoms with van der Waals surface area (Å²) in [5, 5.41) is 9.46. The smallest absolute Gasteiger partial charge is 0.226 e. The Morgan fingerprint density at radius 3 is 3.00 bits per heavy atom. The lowest BCUT2D eigenvalue weighted by Crippen LogP contribution is -2.46. The summed E-state index contributed by atoms with van der Waals surface area (Å²) in [5.41, 5.74) is 2.12. The number of nitrogens with zero attached hydrogens (tertiary/aromatic N) is 1. The molecule has 2 heterocycles. The second-order valence-corrected chi connectivity index (χ2v) is 6.63. The van der Waals surface area contributed by atoms with Gasteiger partial charge in [0.2, 0.25) is 5.91 Å². The lowest BCUT2D eigenvalue weighted by atomic mass is 10.1. The summed E-state index contributed by atoms with van der Waals surface area (Å²) in [6.45, 7) is 1.93. The minimum atomic E-state index is 0.0743. The van der Waals surface area contributed by atoms with E-state index in [1.54, 1.807) is 11.3 Å². The second kappa shape index (κ2) is 7.51. The lowest BCUT2D eigenvalue weighted by Gasteiger charge is -2.23. The van der Waals surface area contributed by atoms with Crippen molar-refractivity contribution < 1.29 is 4.79 Å². The number of nitrogens with one attached hydrogen (secondary N) is 2. The minimum Gasteiger partial charge on any atom is -0.352 e. The number of benzene rings is 1. The largest absolute Gasteiger partial charge is 0.352 e. The van der Waals surface area contributed by atoms with E-state index in [-0.39, 0.29) is 11.9 Å². The van der Waals surface area contributed by atoms with Crippen LogP contribution in [0, 0.1) is 0 Å². The van der Waals surface area contributed by atoms with Crippen molar-refractivity contribution in [1.29, 1.82) is 0 Å². The molecule has 1 aliphatic rings. The number of hydrogen-bond acceptors (Lipinski definition) is 4. The molecule has 1 aromatic heterocycles. The van der Waals surface area contributed by atoms with Gasteiger partial charge in [-0.25, -0.2) is 4.98 Å². The van der Waals surface area contributed by atoms with Gasteiger partial charge in [0.05, 0.1) is 17.1 Å². The van der Waals surface area contributed by atoms with Crippen molar-refractivity contribution in [2.24, 2.45) is 0 Å². The molecule has 1 saturated heterocycles. The molecule has 1 aliphatic heterocycles. The fourth-order valence-electron chi connectivity index (χ4n) is 2.70. The van der Waals surface area contributed by atoms with E-state index in [9.17, 15) is 4.79 Å². The Kier molecular flexibility index (Phi) is 5.19. The van der Waals surface area contributed by atoms with Gasteiger partial charge in [0.25, 0.3) is 0 Å². The molecule has 5 heteroatoms. The molecule has 1 amide bonds. The molecule has 0 spiro atoms. The molecule has 1 fully saturated rings. The van der Waals surface area contributed by atoms with Crippen LogP contribution >= 0.6 is 11.3 Å². The Morgan fingerprint density at radius 2 is 2.23 bits per heavy atom. The highest BCUT2D eigenvalue weighted by atomic mass is 32.1. The highest BCUT2D eigenvalue weighted by molar-refractivity contribution is 7.09. The number of thiazole rings is 1. The first-order valence-corrected chi connectivity index (χ1v) is 8.65. The van der Waals surface area contributed by atoms with Crippen LogP contribution in [0.5, 0.6) is 0 Å². The summed E-state index contributed by atoms with van der Waals surface area (Å²) < 4.78 is 0. The highest BCUT2D eigenvalue weighted by Crippen LogP contribution is 2.15. The molecular weight excluding hydrogens is 294 g/mol.